The van der Waals surface area contributed by atoms with Crippen LogP contribution >= 0.6 is 22.6 Å². The fraction of sp³-hybridized carbons (Fsp3) is 0.188. The molecule has 1 amide bonds. The van der Waals surface area contributed by atoms with Crippen LogP contribution < -0.4 is 10.6 Å². The maximum atomic E-state index is 12.0. The maximum Gasteiger partial charge on any atom is 0.243 e. The van der Waals surface area contributed by atoms with E-state index in [-0.39, 0.29) is 12.5 Å². The molecule has 0 saturated heterocycles. The second-order valence-electron chi connectivity index (χ2n) is 4.68. The fourth-order valence-electron chi connectivity index (χ4n) is 1.95. The summed E-state index contributed by atoms with van der Waals surface area (Å²) in [7, 11) is 0. The van der Waals surface area contributed by atoms with Gasteiger partial charge in [-0.05, 0) is 71.8 Å². The van der Waals surface area contributed by atoms with Gasteiger partial charge in [-0.1, -0.05) is 18.2 Å². The molecule has 0 bridgehead atoms. The van der Waals surface area contributed by atoms with Gasteiger partial charge in [-0.25, -0.2) is 0 Å². The molecule has 0 aliphatic rings. The molecule has 0 spiro atoms. The van der Waals surface area contributed by atoms with Crippen LogP contribution in [-0.4, -0.2) is 12.5 Å². The van der Waals surface area contributed by atoms with Crippen molar-refractivity contribution < 1.29 is 4.79 Å². The van der Waals surface area contributed by atoms with Crippen LogP contribution in [0.4, 0.5) is 11.4 Å². The Kier molecular flexibility index (Phi) is 5.00. The van der Waals surface area contributed by atoms with E-state index in [0.29, 0.717) is 0 Å². The van der Waals surface area contributed by atoms with Gasteiger partial charge in [-0.3, -0.25) is 4.79 Å². The summed E-state index contributed by atoms with van der Waals surface area (Å²) < 4.78 is 1.17. The third kappa shape index (κ3) is 3.96. The zero-order valence-electron chi connectivity index (χ0n) is 11.5. The zero-order chi connectivity index (χ0) is 14.5. The summed E-state index contributed by atoms with van der Waals surface area (Å²) in [5.41, 5.74) is 4.00. The fourth-order valence-corrected chi connectivity index (χ4v) is 2.30. The van der Waals surface area contributed by atoms with Crippen LogP contribution in [0.5, 0.6) is 0 Å². The van der Waals surface area contributed by atoms with Crippen LogP contribution in [0.25, 0.3) is 0 Å². The molecular weight excluding hydrogens is 363 g/mol. The lowest BCUT2D eigenvalue weighted by Gasteiger charge is -2.12. The average molecular weight is 380 g/mol. The standard InChI is InChI=1S/C16H17IN2O/c1-11-4-3-5-12(2)16(11)19-15(20)10-18-14-8-6-13(17)7-9-14/h3-9,18H,10H2,1-2H3,(H,19,20). The number of nitrogens with one attached hydrogen (secondary N) is 2. The number of rotatable bonds is 4. The first-order chi connectivity index (χ1) is 9.56. The molecule has 20 heavy (non-hydrogen) atoms. The average Bonchev–Trinajstić information content (AvgIpc) is 2.42. The maximum absolute atomic E-state index is 12.0. The van der Waals surface area contributed by atoms with Crippen molar-refractivity contribution >= 4 is 39.9 Å². The number of hydrogen-bond acceptors (Lipinski definition) is 2. The monoisotopic (exact) mass is 380 g/mol. The molecule has 3 nitrogen and oxygen atoms in total. The molecular formula is C16H17IN2O. The molecule has 104 valence electrons. The quantitative estimate of drug-likeness (QED) is 0.789. The highest BCUT2D eigenvalue weighted by Gasteiger charge is 2.06. The van der Waals surface area contributed by atoms with Crippen LogP contribution in [0.15, 0.2) is 42.5 Å². The van der Waals surface area contributed by atoms with Crippen molar-refractivity contribution in [3.8, 4) is 0 Å². The molecule has 0 unspecified atom stereocenters. The first-order valence-electron chi connectivity index (χ1n) is 6.42. The van der Waals surface area contributed by atoms with Crippen LogP contribution in [0, 0.1) is 17.4 Å². The second kappa shape index (κ2) is 6.74. The molecule has 0 fully saturated rings. The SMILES string of the molecule is Cc1cccc(C)c1NC(=O)CNc1ccc(I)cc1. The molecule has 2 N–H and O–H groups in total. The molecule has 2 aromatic carbocycles. The van der Waals surface area contributed by atoms with Crippen molar-refractivity contribution in [1.82, 2.24) is 0 Å². The van der Waals surface area contributed by atoms with Crippen molar-refractivity contribution in [3.05, 3.63) is 57.2 Å². The van der Waals surface area contributed by atoms with E-state index in [4.69, 9.17) is 0 Å². The summed E-state index contributed by atoms with van der Waals surface area (Å²) in [5, 5.41) is 6.07. The van der Waals surface area contributed by atoms with E-state index < -0.39 is 0 Å². The largest absolute Gasteiger partial charge is 0.376 e. The minimum Gasteiger partial charge on any atom is -0.376 e. The highest BCUT2D eigenvalue weighted by Crippen LogP contribution is 2.19. The van der Waals surface area contributed by atoms with Gasteiger partial charge in [0.15, 0.2) is 0 Å². The third-order valence-corrected chi connectivity index (χ3v) is 3.76. The van der Waals surface area contributed by atoms with Crippen molar-refractivity contribution in [2.75, 3.05) is 17.2 Å². The molecule has 4 heteroatoms. The second-order valence-corrected chi connectivity index (χ2v) is 5.92. The van der Waals surface area contributed by atoms with E-state index in [0.717, 1.165) is 22.5 Å². The molecule has 0 aliphatic carbocycles. The van der Waals surface area contributed by atoms with Crippen LogP contribution in [0.3, 0.4) is 0 Å². The van der Waals surface area contributed by atoms with Gasteiger partial charge >= 0.3 is 0 Å². The minimum absolute atomic E-state index is 0.0408. The number of aryl methyl sites for hydroxylation is 2. The lowest BCUT2D eigenvalue weighted by atomic mass is 10.1. The summed E-state index contributed by atoms with van der Waals surface area (Å²) in [6.07, 6.45) is 0. The lowest BCUT2D eigenvalue weighted by Crippen LogP contribution is -2.22. The van der Waals surface area contributed by atoms with Crippen molar-refractivity contribution in [1.29, 1.82) is 0 Å². The first kappa shape index (κ1) is 14.8. The van der Waals surface area contributed by atoms with E-state index in [2.05, 4.69) is 33.2 Å². The van der Waals surface area contributed by atoms with E-state index in [1.54, 1.807) is 0 Å². The third-order valence-electron chi connectivity index (χ3n) is 3.04. The van der Waals surface area contributed by atoms with Gasteiger partial charge in [0.1, 0.15) is 0 Å². The minimum atomic E-state index is -0.0408. The lowest BCUT2D eigenvalue weighted by molar-refractivity contribution is -0.114. The Morgan fingerprint density at radius 2 is 1.65 bits per heavy atom. The molecule has 0 aliphatic heterocycles. The normalized spacial score (nSPS) is 10.2. The van der Waals surface area contributed by atoms with Gasteiger partial charge in [-0.15, -0.1) is 0 Å². The van der Waals surface area contributed by atoms with Gasteiger partial charge in [0, 0.05) is 14.9 Å². The Hall–Kier alpha value is -1.56. The predicted octanol–water partition coefficient (Wildman–Crippen LogP) is 3.96. The van der Waals surface area contributed by atoms with Crippen molar-refractivity contribution in [3.63, 3.8) is 0 Å². The summed E-state index contributed by atoms with van der Waals surface area (Å²) >= 11 is 2.25. The molecule has 0 atom stereocenters. The number of benzene rings is 2. The Labute approximate surface area is 132 Å². The molecule has 0 saturated carbocycles. The van der Waals surface area contributed by atoms with Gasteiger partial charge in [-0.2, -0.15) is 0 Å². The van der Waals surface area contributed by atoms with E-state index >= 15 is 0 Å². The van der Waals surface area contributed by atoms with Gasteiger partial charge < -0.3 is 10.6 Å². The Morgan fingerprint density at radius 3 is 2.25 bits per heavy atom. The number of carbonyl (C=O) groups is 1. The number of halogens is 1. The molecule has 0 heterocycles. The number of carbonyl (C=O) groups excluding carboxylic acids is 1. The van der Waals surface area contributed by atoms with E-state index in [1.165, 1.54) is 3.57 Å². The topological polar surface area (TPSA) is 41.1 Å². The Bertz CT molecular complexity index is 588. The number of para-hydroxylation sites is 1. The van der Waals surface area contributed by atoms with Crippen LogP contribution in [0.1, 0.15) is 11.1 Å². The highest BCUT2D eigenvalue weighted by molar-refractivity contribution is 14.1. The molecule has 0 radical (unpaired) electrons. The molecule has 2 aromatic rings. The molecule has 0 aromatic heterocycles. The van der Waals surface area contributed by atoms with Crippen LogP contribution in [0.2, 0.25) is 0 Å². The predicted molar refractivity (Wildman–Crippen MR) is 92.2 cm³/mol. The first-order valence-corrected chi connectivity index (χ1v) is 7.49. The molecule has 2 rings (SSSR count). The number of anilines is 2. The summed E-state index contributed by atoms with van der Waals surface area (Å²) in [6, 6.07) is 13.9. The van der Waals surface area contributed by atoms with Gasteiger partial charge in [0.2, 0.25) is 5.91 Å². The number of amides is 1. The van der Waals surface area contributed by atoms with Crippen molar-refractivity contribution in [2.24, 2.45) is 0 Å². The number of hydrogen-bond donors (Lipinski definition) is 2. The summed E-state index contributed by atoms with van der Waals surface area (Å²) in [5.74, 6) is -0.0408. The van der Waals surface area contributed by atoms with Crippen molar-refractivity contribution in [2.45, 2.75) is 13.8 Å². The van der Waals surface area contributed by atoms with Crippen LogP contribution in [-0.2, 0) is 4.79 Å². The van der Waals surface area contributed by atoms with E-state index in [1.807, 2.05) is 56.3 Å². The zero-order valence-corrected chi connectivity index (χ0v) is 13.7. The van der Waals surface area contributed by atoms with Gasteiger partial charge in [0.05, 0.1) is 6.54 Å². The highest BCUT2D eigenvalue weighted by atomic mass is 127. The summed E-state index contributed by atoms with van der Waals surface area (Å²) in [4.78, 5) is 12.0. The Morgan fingerprint density at radius 1 is 1.05 bits per heavy atom. The summed E-state index contributed by atoms with van der Waals surface area (Å²) in [6.45, 7) is 4.25. The van der Waals surface area contributed by atoms with Gasteiger partial charge in [0.25, 0.3) is 0 Å². The van der Waals surface area contributed by atoms with E-state index in [9.17, 15) is 4.79 Å². The smallest absolute Gasteiger partial charge is 0.243 e. The Balaban J connectivity index is 1.94.